The van der Waals surface area contributed by atoms with Gasteiger partial charge in [0.25, 0.3) is 0 Å². The molecule has 82 valence electrons. The molecule has 0 radical (unpaired) electrons. The lowest BCUT2D eigenvalue weighted by molar-refractivity contribution is 0.472. The van der Waals surface area contributed by atoms with Gasteiger partial charge in [0.15, 0.2) is 0 Å². The summed E-state index contributed by atoms with van der Waals surface area (Å²) >= 11 is 0. The highest BCUT2D eigenvalue weighted by Gasteiger charge is 2.07. The van der Waals surface area contributed by atoms with E-state index in [1.807, 2.05) is 61.5 Å². The van der Waals surface area contributed by atoms with Gasteiger partial charge in [0.2, 0.25) is 0 Å². The first-order valence-corrected chi connectivity index (χ1v) is 5.35. The van der Waals surface area contributed by atoms with Crippen LogP contribution in [0, 0.1) is 0 Å². The van der Waals surface area contributed by atoms with Crippen molar-refractivity contribution in [3.05, 3.63) is 60.2 Å². The lowest BCUT2D eigenvalue weighted by Crippen LogP contribution is -2.06. The van der Waals surface area contributed by atoms with Gasteiger partial charge in [-0.1, -0.05) is 36.4 Å². The molecular weight excluding hydrogens is 198 g/mol. The molecule has 0 heterocycles. The molecule has 0 fully saturated rings. The maximum Gasteiger partial charge on any atom is 0.132 e. The van der Waals surface area contributed by atoms with E-state index in [9.17, 15) is 0 Å². The zero-order valence-electron chi connectivity index (χ0n) is 9.26. The first-order valence-electron chi connectivity index (χ1n) is 5.35. The number of para-hydroxylation sites is 2. The van der Waals surface area contributed by atoms with Crippen LogP contribution >= 0.6 is 0 Å². The van der Waals surface area contributed by atoms with E-state index >= 15 is 0 Å². The van der Waals surface area contributed by atoms with Crippen LogP contribution in [0.1, 0.15) is 18.5 Å². The lowest BCUT2D eigenvalue weighted by Gasteiger charge is -2.13. The highest BCUT2D eigenvalue weighted by atomic mass is 16.5. The highest BCUT2D eigenvalue weighted by molar-refractivity contribution is 5.39. The van der Waals surface area contributed by atoms with Crippen LogP contribution in [-0.2, 0) is 0 Å². The highest BCUT2D eigenvalue weighted by Crippen LogP contribution is 2.28. The Bertz CT molecular complexity index is 451. The molecular formula is C14H15NO. The standard InChI is InChI=1S/C14H15NO/c1-11(15)13-9-5-6-10-14(13)16-12-7-3-2-4-8-12/h2-11H,15H2,1H3/t11-/m0/s1. The van der Waals surface area contributed by atoms with Gasteiger partial charge >= 0.3 is 0 Å². The van der Waals surface area contributed by atoms with E-state index in [1.54, 1.807) is 0 Å². The van der Waals surface area contributed by atoms with E-state index < -0.39 is 0 Å². The average Bonchev–Trinajstić information content (AvgIpc) is 2.31. The second-order valence-electron chi connectivity index (χ2n) is 3.74. The van der Waals surface area contributed by atoms with Crippen LogP contribution in [-0.4, -0.2) is 0 Å². The SMILES string of the molecule is C[C@H](N)c1ccccc1Oc1ccccc1. The molecule has 0 spiro atoms. The van der Waals surface area contributed by atoms with Crippen molar-refractivity contribution in [2.45, 2.75) is 13.0 Å². The summed E-state index contributed by atoms with van der Waals surface area (Å²) in [7, 11) is 0. The van der Waals surface area contributed by atoms with E-state index in [-0.39, 0.29) is 6.04 Å². The molecule has 2 heteroatoms. The maximum atomic E-state index is 5.89. The summed E-state index contributed by atoms with van der Waals surface area (Å²) in [6, 6.07) is 17.5. The molecule has 0 bridgehead atoms. The molecule has 0 amide bonds. The van der Waals surface area contributed by atoms with E-state index in [0.717, 1.165) is 17.1 Å². The number of hydrogen-bond acceptors (Lipinski definition) is 2. The minimum absolute atomic E-state index is 0.0279. The number of ether oxygens (including phenoxy) is 1. The van der Waals surface area contributed by atoms with Gasteiger partial charge in [0.1, 0.15) is 11.5 Å². The first-order chi connectivity index (χ1) is 7.77. The monoisotopic (exact) mass is 213 g/mol. The molecule has 0 aliphatic carbocycles. The Balaban J connectivity index is 2.28. The number of rotatable bonds is 3. The largest absolute Gasteiger partial charge is 0.457 e. The van der Waals surface area contributed by atoms with Gasteiger partial charge in [-0.2, -0.15) is 0 Å². The summed E-state index contributed by atoms with van der Waals surface area (Å²) in [6.45, 7) is 1.95. The van der Waals surface area contributed by atoms with Crippen LogP contribution in [0.3, 0.4) is 0 Å². The third-order valence-electron chi connectivity index (χ3n) is 2.38. The lowest BCUT2D eigenvalue weighted by atomic mass is 10.1. The Morgan fingerprint density at radius 3 is 2.25 bits per heavy atom. The van der Waals surface area contributed by atoms with E-state index in [0.29, 0.717) is 0 Å². The number of hydrogen-bond donors (Lipinski definition) is 1. The molecule has 0 saturated heterocycles. The fraction of sp³-hybridized carbons (Fsp3) is 0.143. The number of benzene rings is 2. The van der Waals surface area contributed by atoms with Crippen molar-refractivity contribution in [1.29, 1.82) is 0 Å². The minimum atomic E-state index is -0.0279. The Kier molecular flexibility index (Phi) is 3.22. The molecule has 1 atom stereocenters. The molecule has 0 saturated carbocycles. The van der Waals surface area contributed by atoms with E-state index in [4.69, 9.17) is 10.5 Å². The van der Waals surface area contributed by atoms with Gasteiger partial charge in [0, 0.05) is 11.6 Å². The fourth-order valence-corrected chi connectivity index (χ4v) is 1.57. The second kappa shape index (κ2) is 4.81. The first kappa shape index (κ1) is 10.7. The van der Waals surface area contributed by atoms with Crippen molar-refractivity contribution in [3.8, 4) is 11.5 Å². The molecule has 2 nitrogen and oxygen atoms in total. The summed E-state index contributed by atoms with van der Waals surface area (Å²) in [5.41, 5.74) is 6.91. The summed E-state index contributed by atoms with van der Waals surface area (Å²) in [5.74, 6) is 1.65. The van der Waals surface area contributed by atoms with Crippen molar-refractivity contribution in [2.24, 2.45) is 5.73 Å². The Morgan fingerprint density at radius 1 is 0.938 bits per heavy atom. The predicted octanol–water partition coefficient (Wildman–Crippen LogP) is 3.50. The Hall–Kier alpha value is -1.80. The van der Waals surface area contributed by atoms with Crippen molar-refractivity contribution in [2.75, 3.05) is 0 Å². The van der Waals surface area contributed by atoms with E-state index in [2.05, 4.69) is 0 Å². The maximum absolute atomic E-state index is 5.89. The zero-order valence-corrected chi connectivity index (χ0v) is 9.26. The third kappa shape index (κ3) is 2.41. The quantitative estimate of drug-likeness (QED) is 0.846. The van der Waals surface area contributed by atoms with Gasteiger partial charge in [0.05, 0.1) is 0 Å². The van der Waals surface area contributed by atoms with Crippen LogP contribution in [0.2, 0.25) is 0 Å². The molecule has 16 heavy (non-hydrogen) atoms. The topological polar surface area (TPSA) is 35.2 Å². The van der Waals surface area contributed by atoms with Gasteiger partial charge in [-0.15, -0.1) is 0 Å². The Labute approximate surface area is 95.7 Å². The van der Waals surface area contributed by atoms with Crippen molar-refractivity contribution in [1.82, 2.24) is 0 Å². The molecule has 2 aromatic carbocycles. The zero-order chi connectivity index (χ0) is 11.4. The second-order valence-corrected chi connectivity index (χ2v) is 3.74. The summed E-state index contributed by atoms with van der Waals surface area (Å²) in [5, 5.41) is 0. The van der Waals surface area contributed by atoms with Crippen LogP contribution in [0.4, 0.5) is 0 Å². The average molecular weight is 213 g/mol. The fourth-order valence-electron chi connectivity index (χ4n) is 1.57. The van der Waals surface area contributed by atoms with E-state index in [1.165, 1.54) is 0 Å². The minimum Gasteiger partial charge on any atom is -0.457 e. The number of nitrogens with two attached hydrogens (primary N) is 1. The van der Waals surface area contributed by atoms with Crippen molar-refractivity contribution < 1.29 is 4.74 Å². The van der Waals surface area contributed by atoms with Gasteiger partial charge < -0.3 is 10.5 Å². The Morgan fingerprint density at radius 2 is 1.56 bits per heavy atom. The van der Waals surface area contributed by atoms with Gasteiger partial charge in [-0.05, 0) is 25.1 Å². The smallest absolute Gasteiger partial charge is 0.132 e. The summed E-state index contributed by atoms with van der Waals surface area (Å²) < 4.78 is 5.79. The van der Waals surface area contributed by atoms with Crippen molar-refractivity contribution >= 4 is 0 Å². The van der Waals surface area contributed by atoms with Crippen molar-refractivity contribution in [3.63, 3.8) is 0 Å². The van der Waals surface area contributed by atoms with Crippen LogP contribution < -0.4 is 10.5 Å². The molecule has 2 aromatic rings. The normalized spacial score (nSPS) is 12.1. The molecule has 0 aliphatic rings. The molecule has 2 N–H and O–H groups in total. The predicted molar refractivity (Wildman–Crippen MR) is 65.6 cm³/mol. The molecule has 0 aromatic heterocycles. The van der Waals surface area contributed by atoms with Crippen LogP contribution in [0.5, 0.6) is 11.5 Å². The van der Waals surface area contributed by atoms with Gasteiger partial charge in [-0.3, -0.25) is 0 Å². The van der Waals surface area contributed by atoms with Crippen LogP contribution in [0.25, 0.3) is 0 Å². The van der Waals surface area contributed by atoms with Crippen LogP contribution in [0.15, 0.2) is 54.6 Å². The molecule has 2 rings (SSSR count). The third-order valence-corrected chi connectivity index (χ3v) is 2.38. The molecule has 0 aliphatic heterocycles. The van der Waals surface area contributed by atoms with Gasteiger partial charge in [-0.25, -0.2) is 0 Å². The molecule has 0 unspecified atom stereocenters. The summed E-state index contributed by atoms with van der Waals surface area (Å²) in [6.07, 6.45) is 0. The summed E-state index contributed by atoms with van der Waals surface area (Å²) in [4.78, 5) is 0.